The summed E-state index contributed by atoms with van der Waals surface area (Å²) in [4.78, 5) is 2.47. The fourth-order valence-corrected chi connectivity index (χ4v) is 11.5. The van der Waals surface area contributed by atoms with Gasteiger partial charge >= 0.3 is 0 Å². The van der Waals surface area contributed by atoms with E-state index < -0.39 is 0 Å². The quantitative estimate of drug-likeness (QED) is 0.0979. The highest BCUT2D eigenvalue weighted by molar-refractivity contribution is 6.25. The lowest BCUT2D eigenvalue weighted by Gasteiger charge is -2.35. The topological polar surface area (TPSA) is 3.24 Å². The third-order valence-corrected chi connectivity index (χ3v) is 14.8. The molecule has 1 nitrogen and oxygen atoms in total. The van der Waals surface area contributed by atoms with Crippen LogP contribution in [0.2, 0.25) is 0 Å². The van der Waals surface area contributed by atoms with Crippen molar-refractivity contribution in [2.24, 2.45) is 0 Å². The molecule has 2 aliphatic carbocycles. The lowest BCUT2D eigenvalue weighted by Crippen LogP contribution is -2.26. The second-order valence-electron chi connectivity index (χ2n) is 18.2. The van der Waals surface area contributed by atoms with Gasteiger partial charge in [-0.25, -0.2) is 0 Å². The highest BCUT2D eigenvalue weighted by atomic mass is 15.1. The van der Waals surface area contributed by atoms with Gasteiger partial charge in [-0.2, -0.15) is 0 Å². The molecule has 12 rings (SSSR count). The van der Waals surface area contributed by atoms with Crippen LogP contribution in [0.3, 0.4) is 0 Å². The van der Waals surface area contributed by atoms with Crippen molar-refractivity contribution in [2.75, 3.05) is 4.90 Å². The van der Waals surface area contributed by atoms with Crippen LogP contribution >= 0.6 is 0 Å². The Morgan fingerprint density at radius 1 is 0.439 bits per heavy atom. The predicted octanol–water partition coefficient (Wildman–Crippen LogP) is 18.1. The molecule has 0 radical (unpaired) electrons. The van der Waals surface area contributed by atoms with E-state index in [-0.39, 0.29) is 5.41 Å². The average Bonchev–Trinajstić information content (AvgIpc) is 3.66. The van der Waals surface area contributed by atoms with Crippen molar-refractivity contribution < 1.29 is 0 Å². The minimum absolute atomic E-state index is 0.0262. The zero-order valence-electron chi connectivity index (χ0n) is 37.6. The van der Waals surface area contributed by atoms with Crippen molar-refractivity contribution in [1.29, 1.82) is 0 Å². The number of allylic oxidation sites excluding steroid dienone is 4. The molecule has 0 N–H and O–H groups in total. The number of anilines is 2. The summed E-state index contributed by atoms with van der Waals surface area (Å²) >= 11 is 0. The van der Waals surface area contributed by atoms with E-state index in [1.807, 2.05) is 0 Å². The Hall–Kier alpha value is -7.74. The molecule has 0 aromatic heterocycles. The molecule has 10 aromatic carbocycles. The lowest BCUT2D eigenvalue weighted by molar-refractivity contribution is 0.484. The molecular weight excluding hydrogens is 795 g/mol. The van der Waals surface area contributed by atoms with Gasteiger partial charge < -0.3 is 4.90 Å². The molecule has 0 saturated carbocycles. The summed E-state index contributed by atoms with van der Waals surface area (Å²) in [5.74, 6) is 0. The van der Waals surface area contributed by atoms with Crippen molar-refractivity contribution in [3.05, 3.63) is 246 Å². The number of nitrogens with zero attached hydrogens (tertiary/aromatic N) is 1. The number of hydrogen-bond donors (Lipinski definition) is 0. The molecular formula is C65H51N. The number of para-hydroxylation sites is 2. The molecule has 0 fully saturated rings. The van der Waals surface area contributed by atoms with E-state index in [1.54, 1.807) is 0 Å². The van der Waals surface area contributed by atoms with Gasteiger partial charge in [-0.3, -0.25) is 0 Å². The van der Waals surface area contributed by atoms with Crippen LogP contribution in [0.15, 0.2) is 224 Å². The Kier molecular flexibility index (Phi) is 9.87. The van der Waals surface area contributed by atoms with Gasteiger partial charge in [0.05, 0.1) is 0 Å². The Bertz CT molecular complexity index is 3460. The summed E-state index contributed by atoms with van der Waals surface area (Å²) in [6.07, 6.45) is 11.3. The van der Waals surface area contributed by atoms with Crippen LogP contribution in [0.25, 0.3) is 83.4 Å². The Labute approximate surface area is 388 Å². The first-order valence-electron chi connectivity index (χ1n) is 23.7. The summed E-state index contributed by atoms with van der Waals surface area (Å²) in [6, 6.07) is 76.3. The lowest BCUT2D eigenvalue weighted by atomic mass is 9.71. The molecule has 0 aliphatic heterocycles. The van der Waals surface area contributed by atoms with Crippen LogP contribution in [-0.4, -0.2) is 0 Å². The van der Waals surface area contributed by atoms with Crippen LogP contribution in [0.5, 0.6) is 0 Å². The van der Waals surface area contributed by atoms with E-state index in [0.29, 0.717) is 0 Å². The molecule has 1 heteroatoms. The van der Waals surface area contributed by atoms with E-state index in [9.17, 15) is 0 Å². The number of fused-ring (bicyclic) bond motifs is 2. The van der Waals surface area contributed by atoms with Crippen LogP contribution in [0.4, 0.5) is 11.4 Å². The summed E-state index contributed by atoms with van der Waals surface area (Å²) < 4.78 is 0. The van der Waals surface area contributed by atoms with E-state index in [1.165, 1.54) is 116 Å². The highest BCUT2D eigenvalue weighted by Crippen LogP contribution is 2.55. The molecule has 66 heavy (non-hydrogen) atoms. The Balaban J connectivity index is 0.882. The minimum Gasteiger partial charge on any atom is -0.314 e. The SMILES string of the molecule is CCC1(CC)C2=C(CCC(N(c3ccccc3)c3ccccc3)=C2)c2ccc(/C=C/c3ccc(-c4cc(-c5ccccc5)ccc4-c4ccc5ccc6cccc7ccc4c5c67)cc3)cc21. The monoisotopic (exact) mass is 845 g/mol. The molecule has 316 valence electrons. The van der Waals surface area contributed by atoms with Crippen molar-refractivity contribution in [3.63, 3.8) is 0 Å². The summed E-state index contributed by atoms with van der Waals surface area (Å²) in [5.41, 5.74) is 19.5. The molecule has 0 amide bonds. The van der Waals surface area contributed by atoms with E-state index >= 15 is 0 Å². The zero-order chi connectivity index (χ0) is 44.2. The molecule has 0 atom stereocenters. The Morgan fingerprint density at radius 2 is 1.02 bits per heavy atom. The fourth-order valence-electron chi connectivity index (χ4n) is 11.5. The Morgan fingerprint density at radius 3 is 1.71 bits per heavy atom. The number of rotatable bonds is 10. The third kappa shape index (κ3) is 6.61. The third-order valence-electron chi connectivity index (χ3n) is 14.8. The first kappa shape index (κ1) is 39.8. The zero-order valence-corrected chi connectivity index (χ0v) is 37.6. The maximum atomic E-state index is 2.55. The highest BCUT2D eigenvalue weighted by Gasteiger charge is 2.43. The van der Waals surface area contributed by atoms with Gasteiger partial charge in [-0.1, -0.05) is 202 Å². The van der Waals surface area contributed by atoms with Crippen molar-refractivity contribution >= 4 is 61.4 Å². The standard InChI is InChI=1S/C65H51N/c1-3-65(4-2)61-41-45(27-36-57(61)58-40-35-54(43-62(58)65)66(52-19-10-6-11-20-52)53-21-12-7-13-22-53)24-23-44-25-28-47(29-26-44)60-42-51(46-15-8-5-9-16-46)34-38-56(60)55-37-32-50-31-30-48-17-14-18-49-33-39-59(55)64(50)63(48)49/h5-34,36-39,41-43H,3-4,35,40H2,1-2H3/b24-23+. The van der Waals surface area contributed by atoms with Crippen LogP contribution in [0.1, 0.15) is 61.8 Å². The first-order valence-corrected chi connectivity index (χ1v) is 23.7. The van der Waals surface area contributed by atoms with Gasteiger partial charge in [0, 0.05) is 22.5 Å². The summed E-state index contributed by atoms with van der Waals surface area (Å²) in [7, 11) is 0. The number of benzene rings is 10. The van der Waals surface area contributed by atoms with Crippen molar-refractivity contribution in [2.45, 2.75) is 44.9 Å². The fraction of sp³-hybridized carbons (Fsp3) is 0.108. The number of hydrogen-bond acceptors (Lipinski definition) is 1. The maximum absolute atomic E-state index is 2.55. The smallest absolute Gasteiger partial charge is 0.0458 e. The molecule has 2 aliphatic rings. The minimum atomic E-state index is -0.0262. The predicted molar refractivity (Wildman–Crippen MR) is 283 cm³/mol. The van der Waals surface area contributed by atoms with Gasteiger partial charge in [0.25, 0.3) is 0 Å². The van der Waals surface area contributed by atoms with Gasteiger partial charge in [0.2, 0.25) is 0 Å². The summed E-state index contributed by atoms with van der Waals surface area (Å²) in [5, 5.41) is 7.85. The van der Waals surface area contributed by atoms with Crippen molar-refractivity contribution in [3.8, 4) is 33.4 Å². The van der Waals surface area contributed by atoms with Crippen LogP contribution in [-0.2, 0) is 5.41 Å². The molecule has 0 bridgehead atoms. The first-order chi connectivity index (χ1) is 32.6. The van der Waals surface area contributed by atoms with Crippen LogP contribution in [0, 0.1) is 0 Å². The largest absolute Gasteiger partial charge is 0.314 e. The summed E-state index contributed by atoms with van der Waals surface area (Å²) in [6.45, 7) is 4.76. The van der Waals surface area contributed by atoms with Gasteiger partial charge in [0.1, 0.15) is 0 Å². The van der Waals surface area contributed by atoms with E-state index in [0.717, 1.165) is 25.7 Å². The van der Waals surface area contributed by atoms with Crippen LogP contribution < -0.4 is 4.90 Å². The van der Waals surface area contributed by atoms with Crippen molar-refractivity contribution in [1.82, 2.24) is 0 Å². The maximum Gasteiger partial charge on any atom is 0.0458 e. The average molecular weight is 846 g/mol. The van der Waals surface area contributed by atoms with E-state index in [2.05, 4.69) is 243 Å². The molecule has 0 saturated heterocycles. The normalized spacial score (nSPS) is 14.3. The second-order valence-corrected chi connectivity index (χ2v) is 18.2. The molecule has 0 unspecified atom stereocenters. The van der Waals surface area contributed by atoms with Gasteiger partial charge in [-0.05, 0) is 161 Å². The van der Waals surface area contributed by atoms with Gasteiger partial charge in [0.15, 0.2) is 0 Å². The second kappa shape index (κ2) is 16.4. The van der Waals surface area contributed by atoms with E-state index in [4.69, 9.17) is 0 Å². The molecule has 0 heterocycles. The molecule has 0 spiro atoms. The van der Waals surface area contributed by atoms with Gasteiger partial charge in [-0.15, -0.1) is 0 Å². The molecule has 10 aromatic rings.